The van der Waals surface area contributed by atoms with Crippen LogP contribution < -0.4 is 14.9 Å². The fraction of sp³-hybridized carbons (Fsp3) is 0.333. The van der Waals surface area contributed by atoms with Crippen LogP contribution in [0.4, 0.5) is 0 Å². The summed E-state index contributed by atoms with van der Waals surface area (Å²) in [6.45, 7) is 8.55. The summed E-state index contributed by atoms with van der Waals surface area (Å²) in [4.78, 5) is 12.3. The Labute approximate surface area is 155 Å². The number of hydrogen-bond acceptors (Lipinski definition) is 4. The molecular formula is C21H26N2O3. The molecule has 0 bridgehead atoms. The first-order chi connectivity index (χ1) is 12.5. The van der Waals surface area contributed by atoms with Gasteiger partial charge in [-0.1, -0.05) is 6.92 Å². The fourth-order valence-corrected chi connectivity index (χ4v) is 2.67. The molecule has 0 spiro atoms. The molecule has 0 radical (unpaired) electrons. The van der Waals surface area contributed by atoms with Gasteiger partial charge in [0.25, 0.3) is 5.91 Å². The summed E-state index contributed by atoms with van der Waals surface area (Å²) in [5.74, 6) is 1.37. The van der Waals surface area contributed by atoms with Gasteiger partial charge in [-0.2, -0.15) is 5.10 Å². The van der Waals surface area contributed by atoms with Crippen LogP contribution in [-0.4, -0.2) is 25.3 Å². The van der Waals surface area contributed by atoms with Crippen molar-refractivity contribution < 1.29 is 14.3 Å². The Morgan fingerprint density at radius 3 is 2.23 bits per heavy atom. The van der Waals surface area contributed by atoms with Crippen LogP contribution in [0.2, 0.25) is 0 Å². The lowest BCUT2D eigenvalue weighted by atomic mass is 10.0. The molecular weight excluding hydrogens is 328 g/mol. The molecule has 2 rings (SSSR count). The predicted molar refractivity (Wildman–Crippen MR) is 104 cm³/mol. The summed E-state index contributed by atoms with van der Waals surface area (Å²) in [5.41, 5.74) is 6.89. The number of benzene rings is 2. The van der Waals surface area contributed by atoms with Crippen LogP contribution in [0.1, 0.15) is 47.3 Å². The van der Waals surface area contributed by atoms with Crippen molar-refractivity contribution in [2.24, 2.45) is 5.10 Å². The average molecular weight is 354 g/mol. The maximum Gasteiger partial charge on any atom is 0.271 e. The number of methoxy groups -OCH3 is 1. The van der Waals surface area contributed by atoms with E-state index in [-0.39, 0.29) is 5.91 Å². The van der Waals surface area contributed by atoms with E-state index >= 15 is 0 Å². The number of carbonyl (C=O) groups is 1. The van der Waals surface area contributed by atoms with Crippen molar-refractivity contribution in [2.75, 3.05) is 13.7 Å². The zero-order valence-electron chi connectivity index (χ0n) is 16.1. The van der Waals surface area contributed by atoms with Crippen molar-refractivity contribution in [1.29, 1.82) is 0 Å². The lowest BCUT2D eigenvalue weighted by molar-refractivity contribution is 0.0955. The smallest absolute Gasteiger partial charge is 0.271 e. The van der Waals surface area contributed by atoms with Crippen molar-refractivity contribution in [3.05, 3.63) is 58.7 Å². The zero-order chi connectivity index (χ0) is 19.1. The number of hydrazone groups is 1. The van der Waals surface area contributed by atoms with Crippen LogP contribution in [0.3, 0.4) is 0 Å². The fourth-order valence-electron chi connectivity index (χ4n) is 2.67. The number of carbonyl (C=O) groups excluding carboxylic acids is 1. The van der Waals surface area contributed by atoms with E-state index in [1.807, 2.05) is 39.8 Å². The molecule has 0 fully saturated rings. The van der Waals surface area contributed by atoms with Gasteiger partial charge in [-0.3, -0.25) is 4.79 Å². The molecule has 0 saturated carbocycles. The van der Waals surface area contributed by atoms with Crippen molar-refractivity contribution in [3.63, 3.8) is 0 Å². The molecule has 0 aliphatic rings. The van der Waals surface area contributed by atoms with Crippen LogP contribution in [0, 0.1) is 13.8 Å². The molecule has 0 unspecified atom stereocenters. The summed E-state index contributed by atoms with van der Waals surface area (Å²) < 4.78 is 10.9. The third-order valence-corrected chi connectivity index (χ3v) is 4.00. The molecule has 26 heavy (non-hydrogen) atoms. The topological polar surface area (TPSA) is 59.9 Å². The van der Waals surface area contributed by atoms with Gasteiger partial charge in [-0.25, -0.2) is 5.43 Å². The Kier molecular flexibility index (Phi) is 6.78. The molecule has 5 heteroatoms. The number of amides is 1. The lowest BCUT2D eigenvalue weighted by Crippen LogP contribution is -2.19. The van der Waals surface area contributed by atoms with Gasteiger partial charge in [0, 0.05) is 5.56 Å². The number of aryl methyl sites for hydroxylation is 2. The molecule has 2 aromatic rings. The largest absolute Gasteiger partial charge is 0.496 e. The van der Waals surface area contributed by atoms with Crippen molar-refractivity contribution in [2.45, 2.75) is 34.1 Å². The number of rotatable bonds is 7. The normalized spacial score (nSPS) is 11.2. The number of hydrogen-bond donors (Lipinski definition) is 1. The second kappa shape index (κ2) is 9.04. The highest BCUT2D eigenvalue weighted by Gasteiger charge is 2.09. The highest BCUT2D eigenvalue weighted by atomic mass is 16.5. The van der Waals surface area contributed by atoms with E-state index in [2.05, 4.69) is 10.5 Å². The number of nitrogens with zero attached hydrogens (tertiary/aromatic N) is 1. The first-order valence-electron chi connectivity index (χ1n) is 8.69. The zero-order valence-corrected chi connectivity index (χ0v) is 16.1. The van der Waals surface area contributed by atoms with Crippen LogP contribution in [-0.2, 0) is 0 Å². The summed E-state index contributed by atoms with van der Waals surface area (Å²) in [6.07, 6.45) is 0.945. The van der Waals surface area contributed by atoms with Crippen LogP contribution >= 0.6 is 0 Å². The minimum Gasteiger partial charge on any atom is -0.496 e. The van der Waals surface area contributed by atoms with Crippen molar-refractivity contribution >= 4 is 11.6 Å². The lowest BCUT2D eigenvalue weighted by Gasteiger charge is -2.11. The maximum atomic E-state index is 12.3. The summed E-state index contributed by atoms with van der Waals surface area (Å²) >= 11 is 0. The third kappa shape index (κ3) is 4.85. The Morgan fingerprint density at radius 1 is 1.08 bits per heavy atom. The van der Waals surface area contributed by atoms with Gasteiger partial charge in [0.15, 0.2) is 0 Å². The van der Waals surface area contributed by atoms with E-state index in [0.717, 1.165) is 40.3 Å². The minimum absolute atomic E-state index is 0.256. The quantitative estimate of drug-likeness (QED) is 0.597. The van der Waals surface area contributed by atoms with Gasteiger partial charge in [0.2, 0.25) is 0 Å². The maximum absolute atomic E-state index is 12.3. The van der Waals surface area contributed by atoms with Gasteiger partial charge in [0.05, 0.1) is 19.4 Å². The van der Waals surface area contributed by atoms with Crippen LogP contribution in [0.25, 0.3) is 0 Å². The van der Waals surface area contributed by atoms with Crippen molar-refractivity contribution in [3.8, 4) is 11.5 Å². The molecule has 0 saturated heterocycles. The number of ether oxygens (including phenoxy) is 2. The van der Waals surface area contributed by atoms with Crippen molar-refractivity contribution in [1.82, 2.24) is 5.43 Å². The molecule has 1 amide bonds. The average Bonchev–Trinajstić information content (AvgIpc) is 2.64. The van der Waals surface area contributed by atoms with E-state index in [1.54, 1.807) is 31.4 Å². The second-order valence-corrected chi connectivity index (χ2v) is 6.15. The molecule has 0 aliphatic heterocycles. The Balaban J connectivity index is 2.07. The Hall–Kier alpha value is -2.82. The summed E-state index contributed by atoms with van der Waals surface area (Å²) in [6, 6.07) is 11.0. The number of nitrogens with one attached hydrogen (secondary N) is 1. The Bertz CT molecular complexity index is 772. The predicted octanol–water partition coefficient (Wildman–Crippen LogP) is 4.25. The third-order valence-electron chi connectivity index (χ3n) is 4.00. The van der Waals surface area contributed by atoms with Gasteiger partial charge >= 0.3 is 0 Å². The standard InChI is InChI=1S/C21H26N2O3/c1-6-11-26-19-9-7-17(8-10-19)21(24)23-22-16(4)18-12-14(2)20(25-5)15(3)13-18/h7-10,12-13H,6,11H2,1-5H3,(H,23,24)/b22-16-. The molecule has 5 nitrogen and oxygen atoms in total. The Morgan fingerprint density at radius 2 is 1.69 bits per heavy atom. The van der Waals surface area contributed by atoms with Gasteiger partial charge < -0.3 is 9.47 Å². The van der Waals surface area contributed by atoms with Gasteiger partial charge in [-0.15, -0.1) is 0 Å². The van der Waals surface area contributed by atoms with E-state index in [1.165, 1.54) is 0 Å². The summed E-state index contributed by atoms with van der Waals surface area (Å²) in [7, 11) is 1.66. The molecule has 0 aliphatic carbocycles. The van der Waals surface area contributed by atoms with Crippen LogP contribution in [0.15, 0.2) is 41.5 Å². The molecule has 138 valence electrons. The van der Waals surface area contributed by atoms with Gasteiger partial charge in [0.1, 0.15) is 11.5 Å². The second-order valence-electron chi connectivity index (χ2n) is 6.15. The van der Waals surface area contributed by atoms with E-state index in [4.69, 9.17) is 9.47 Å². The highest BCUT2D eigenvalue weighted by Crippen LogP contribution is 2.24. The van der Waals surface area contributed by atoms with Gasteiger partial charge in [-0.05, 0) is 80.3 Å². The van der Waals surface area contributed by atoms with E-state index in [9.17, 15) is 4.79 Å². The molecule has 0 aromatic heterocycles. The molecule has 0 heterocycles. The monoisotopic (exact) mass is 354 g/mol. The van der Waals surface area contributed by atoms with E-state index < -0.39 is 0 Å². The summed E-state index contributed by atoms with van der Waals surface area (Å²) in [5, 5.41) is 4.23. The molecule has 2 aromatic carbocycles. The first kappa shape index (κ1) is 19.5. The first-order valence-corrected chi connectivity index (χ1v) is 8.69. The van der Waals surface area contributed by atoms with E-state index in [0.29, 0.717) is 12.2 Å². The highest BCUT2D eigenvalue weighted by molar-refractivity contribution is 6.01. The van der Waals surface area contributed by atoms with Crippen LogP contribution in [0.5, 0.6) is 11.5 Å². The molecule has 0 atom stereocenters. The molecule has 1 N–H and O–H groups in total. The SMILES string of the molecule is CCCOc1ccc(C(=O)N/N=C(/C)c2cc(C)c(OC)c(C)c2)cc1. The minimum atomic E-state index is -0.256.